The van der Waals surface area contributed by atoms with Crippen LogP contribution in [0.3, 0.4) is 0 Å². The van der Waals surface area contributed by atoms with E-state index in [1.165, 1.54) is 0 Å². The standard InChI is InChI=1S/C11H14O/c1-2-3-7-10-12-11-8-5-4-6-9-11/h4-10H,2-3H2,1H3/b10-7-. The molecular formula is C11H14O. The summed E-state index contributed by atoms with van der Waals surface area (Å²) in [5.41, 5.74) is 0. The summed E-state index contributed by atoms with van der Waals surface area (Å²) in [6.07, 6.45) is 6.02. The number of benzene rings is 1. The molecule has 0 aliphatic carbocycles. The Kier molecular flexibility index (Phi) is 4.00. The maximum Gasteiger partial charge on any atom is 0.126 e. The average Bonchev–Trinajstić information content (AvgIpc) is 2.14. The van der Waals surface area contributed by atoms with Gasteiger partial charge in [0, 0.05) is 0 Å². The van der Waals surface area contributed by atoms with E-state index in [1.807, 2.05) is 36.4 Å². The molecule has 1 aromatic carbocycles. The van der Waals surface area contributed by atoms with E-state index in [4.69, 9.17) is 4.74 Å². The summed E-state index contributed by atoms with van der Waals surface area (Å²) in [4.78, 5) is 0. The van der Waals surface area contributed by atoms with Gasteiger partial charge in [0.1, 0.15) is 5.75 Å². The minimum absolute atomic E-state index is 0.893. The van der Waals surface area contributed by atoms with Gasteiger partial charge >= 0.3 is 0 Å². The number of hydrogen-bond donors (Lipinski definition) is 0. The second kappa shape index (κ2) is 5.42. The van der Waals surface area contributed by atoms with E-state index in [-0.39, 0.29) is 0 Å². The van der Waals surface area contributed by atoms with Crippen molar-refractivity contribution >= 4 is 0 Å². The lowest BCUT2D eigenvalue weighted by atomic mass is 10.3. The summed E-state index contributed by atoms with van der Waals surface area (Å²) in [7, 11) is 0. The summed E-state index contributed by atoms with van der Waals surface area (Å²) in [5.74, 6) is 0.893. The number of para-hydroxylation sites is 1. The Morgan fingerprint density at radius 1 is 1.25 bits per heavy atom. The van der Waals surface area contributed by atoms with E-state index < -0.39 is 0 Å². The van der Waals surface area contributed by atoms with Gasteiger partial charge < -0.3 is 4.74 Å². The van der Waals surface area contributed by atoms with Gasteiger partial charge in [0.15, 0.2) is 0 Å². The average molecular weight is 162 g/mol. The molecule has 0 amide bonds. The van der Waals surface area contributed by atoms with Gasteiger partial charge in [-0.3, -0.25) is 0 Å². The lowest BCUT2D eigenvalue weighted by molar-refractivity contribution is 0.478. The summed E-state index contributed by atoms with van der Waals surface area (Å²) in [6, 6.07) is 9.78. The summed E-state index contributed by atoms with van der Waals surface area (Å²) >= 11 is 0. The van der Waals surface area contributed by atoms with Crippen LogP contribution < -0.4 is 4.74 Å². The molecule has 0 aliphatic heterocycles. The predicted molar refractivity (Wildman–Crippen MR) is 51.1 cm³/mol. The first-order valence-corrected chi connectivity index (χ1v) is 4.30. The first-order chi connectivity index (χ1) is 5.93. The fraction of sp³-hybridized carbons (Fsp3) is 0.273. The van der Waals surface area contributed by atoms with Crippen molar-refractivity contribution in [3.63, 3.8) is 0 Å². The molecule has 0 fully saturated rings. The number of hydrogen-bond acceptors (Lipinski definition) is 1. The van der Waals surface area contributed by atoms with Crippen molar-refractivity contribution in [1.29, 1.82) is 0 Å². The smallest absolute Gasteiger partial charge is 0.126 e. The van der Waals surface area contributed by atoms with Gasteiger partial charge in [-0.15, -0.1) is 0 Å². The van der Waals surface area contributed by atoms with Crippen molar-refractivity contribution in [3.05, 3.63) is 42.7 Å². The maximum absolute atomic E-state index is 5.33. The quantitative estimate of drug-likeness (QED) is 0.617. The van der Waals surface area contributed by atoms with Crippen LogP contribution in [0.25, 0.3) is 0 Å². The zero-order valence-electron chi connectivity index (χ0n) is 7.36. The molecule has 0 radical (unpaired) electrons. The lowest BCUT2D eigenvalue weighted by Gasteiger charge is -1.97. The van der Waals surface area contributed by atoms with Gasteiger partial charge in [0.05, 0.1) is 6.26 Å². The van der Waals surface area contributed by atoms with Gasteiger partial charge in [-0.05, 0) is 24.6 Å². The predicted octanol–water partition coefficient (Wildman–Crippen LogP) is 3.38. The fourth-order valence-corrected chi connectivity index (χ4v) is 0.860. The van der Waals surface area contributed by atoms with Crippen LogP contribution in [0.2, 0.25) is 0 Å². The highest BCUT2D eigenvalue weighted by molar-refractivity contribution is 5.21. The SMILES string of the molecule is CCC/C=C\Oc1ccccc1. The van der Waals surface area contributed by atoms with E-state index >= 15 is 0 Å². The molecule has 0 heterocycles. The minimum Gasteiger partial charge on any atom is -0.465 e. The van der Waals surface area contributed by atoms with Gasteiger partial charge in [-0.2, -0.15) is 0 Å². The van der Waals surface area contributed by atoms with Crippen LogP contribution in [0, 0.1) is 0 Å². The number of ether oxygens (including phenoxy) is 1. The van der Waals surface area contributed by atoms with Crippen molar-refractivity contribution in [2.24, 2.45) is 0 Å². The molecule has 0 bridgehead atoms. The molecule has 0 saturated carbocycles. The molecule has 0 N–H and O–H groups in total. The van der Waals surface area contributed by atoms with E-state index in [0.717, 1.165) is 18.6 Å². The first-order valence-electron chi connectivity index (χ1n) is 4.30. The molecule has 0 aliphatic rings. The third kappa shape index (κ3) is 3.24. The Balaban J connectivity index is 2.33. The molecule has 0 atom stereocenters. The number of allylic oxidation sites excluding steroid dienone is 1. The highest BCUT2D eigenvalue weighted by Gasteiger charge is 1.84. The third-order valence-corrected chi connectivity index (χ3v) is 1.50. The Bertz CT molecular complexity index is 226. The molecule has 0 aromatic heterocycles. The van der Waals surface area contributed by atoms with Crippen molar-refractivity contribution in [1.82, 2.24) is 0 Å². The van der Waals surface area contributed by atoms with Gasteiger partial charge in [-0.25, -0.2) is 0 Å². The van der Waals surface area contributed by atoms with Crippen molar-refractivity contribution < 1.29 is 4.74 Å². The Labute approximate surface area is 73.7 Å². The van der Waals surface area contributed by atoms with Crippen LogP contribution in [-0.4, -0.2) is 0 Å². The zero-order chi connectivity index (χ0) is 8.65. The number of unbranched alkanes of at least 4 members (excludes halogenated alkanes) is 1. The lowest BCUT2D eigenvalue weighted by Crippen LogP contribution is -1.79. The molecule has 1 heteroatoms. The molecule has 1 aromatic rings. The third-order valence-electron chi connectivity index (χ3n) is 1.50. The molecule has 0 unspecified atom stereocenters. The van der Waals surface area contributed by atoms with Crippen molar-refractivity contribution in [2.45, 2.75) is 19.8 Å². The largest absolute Gasteiger partial charge is 0.465 e. The minimum atomic E-state index is 0.893. The molecular weight excluding hydrogens is 148 g/mol. The highest BCUT2D eigenvalue weighted by Crippen LogP contribution is 2.08. The topological polar surface area (TPSA) is 9.23 Å². The van der Waals surface area contributed by atoms with Crippen LogP contribution in [0.15, 0.2) is 42.7 Å². The second-order valence-corrected chi connectivity index (χ2v) is 2.59. The summed E-state index contributed by atoms with van der Waals surface area (Å²) < 4.78 is 5.33. The second-order valence-electron chi connectivity index (χ2n) is 2.59. The molecule has 0 spiro atoms. The Morgan fingerprint density at radius 2 is 2.00 bits per heavy atom. The van der Waals surface area contributed by atoms with Crippen LogP contribution in [0.4, 0.5) is 0 Å². The first kappa shape index (κ1) is 8.85. The van der Waals surface area contributed by atoms with E-state index in [1.54, 1.807) is 6.26 Å². The van der Waals surface area contributed by atoms with Gasteiger partial charge in [0.25, 0.3) is 0 Å². The van der Waals surface area contributed by atoms with Gasteiger partial charge in [0.2, 0.25) is 0 Å². The normalized spacial score (nSPS) is 10.4. The molecule has 12 heavy (non-hydrogen) atoms. The van der Waals surface area contributed by atoms with Crippen LogP contribution >= 0.6 is 0 Å². The molecule has 0 saturated heterocycles. The van der Waals surface area contributed by atoms with E-state index in [9.17, 15) is 0 Å². The van der Waals surface area contributed by atoms with E-state index in [0.29, 0.717) is 0 Å². The fourth-order valence-electron chi connectivity index (χ4n) is 0.860. The maximum atomic E-state index is 5.33. The van der Waals surface area contributed by atoms with Gasteiger partial charge in [-0.1, -0.05) is 31.5 Å². The molecule has 1 nitrogen and oxygen atoms in total. The van der Waals surface area contributed by atoms with Crippen LogP contribution in [-0.2, 0) is 0 Å². The van der Waals surface area contributed by atoms with Crippen molar-refractivity contribution in [3.8, 4) is 5.75 Å². The molecule has 64 valence electrons. The van der Waals surface area contributed by atoms with E-state index in [2.05, 4.69) is 6.92 Å². The Morgan fingerprint density at radius 3 is 2.67 bits per heavy atom. The summed E-state index contributed by atoms with van der Waals surface area (Å²) in [5, 5.41) is 0. The molecule has 1 rings (SSSR count). The monoisotopic (exact) mass is 162 g/mol. The summed E-state index contributed by atoms with van der Waals surface area (Å²) in [6.45, 7) is 2.15. The highest BCUT2D eigenvalue weighted by atomic mass is 16.5. The van der Waals surface area contributed by atoms with Crippen LogP contribution in [0.1, 0.15) is 19.8 Å². The van der Waals surface area contributed by atoms with Crippen LogP contribution in [0.5, 0.6) is 5.75 Å². The number of rotatable bonds is 4. The Hall–Kier alpha value is -1.24. The van der Waals surface area contributed by atoms with Crippen molar-refractivity contribution in [2.75, 3.05) is 0 Å². The zero-order valence-corrected chi connectivity index (χ0v) is 7.36.